The van der Waals surface area contributed by atoms with Gasteiger partial charge in [-0.05, 0) is 18.1 Å². The van der Waals surface area contributed by atoms with Gasteiger partial charge >= 0.3 is 5.97 Å². The first kappa shape index (κ1) is 15.5. The summed E-state index contributed by atoms with van der Waals surface area (Å²) in [4.78, 5) is 36.4. The molecule has 0 unspecified atom stereocenters. The lowest BCUT2D eigenvalue weighted by Gasteiger charge is -2.26. The monoisotopic (exact) mass is 320 g/mol. The second-order valence-corrected chi connectivity index (χ2v) is 5.74. The number of benzene rings is 1. The molecule has 2 amide bonds. The second-order valence-electron chi connectivity index (χ2n) is 5.74. The van der Waals surface area contributed by atoms with Crippen LogP contribution in [0.4, 0.5) is 4.39 Å². The minimum atomic E-state index is -0.493. The Balaban J connectivity index is 1.48. The lowest BCUT2D eigenvalue weighted by atomic mass is 10.1. The van der Waals surface area contributed by atoms with Crippen LogP contribution in [0.5, 0.6) is 0 Å². The zero-order chi connectivity index (χ0) is 16.4. The molecule has 2 atom stereocenters. The molecule has 2 fully saturated rings. The fourth-order valence-corrected chi connectivity index (χ4v) is 2.76. The van der Waals surface area contributed by atoms with Crippen LogP contribution in [-0.2, 0) is 19.1 Å². The Morgan fingerprint density at radius 3 is 2.87 bits per heavy atom. The number of halogens is 1. The van der Waals surface area contributed by atoms with Crippen LogP contribution >= 0.6 is 0 Å². The van der Waals surface area contributed by atoms with Gasteiger partial charge in [-0.3, -0.25) is 14.4 Å². The average Bonchev–Trinajstić information content (AvgIpc) is 3.33. The summed E-state index contributed by atoms with van der Waals surface area (Å²) in [5, 5.41) is 2.61. The molecule has 1 N–H and O–H groups in total. The first-order valence-electron chi connectivity index (χ1n) is 7.52. The molecule has 2 aliphatic rings. The summed E-state index contributed by atoms with van der Waals surface area (Å²) in [7, 11) is 0. The predicted octanol–water partition coefficient (Wildman–Crippen LogP) is 0.431. The van der Waals surface area contributed by atoms with Crippen molar-refractivity contribution in [1.82, 2.24) is 10.2 Å². The van der Waals surface area contributed by atoms with E-state index in [0.29, 0.717) is 25.1 Å². The smallest absolute Gasteiger partial charge is 0.310 e. The number of hydrogen-bond donors (Lipinski definition) is 1. The van der Waals surface area contributed by atoms with E-state index in [1.807, 2.05) is 0 Å². The van der Waals surface area contributed by atoms with Crippen LogP contribution in [-0.4, -0.2) is 48.9 Å². The van der Waals surface area contributed by atoms with Crippen molar-refractivity contribution in [2.24, 2.45) is 5.92 Å². The minimum Gasteiger partial charge on any atom is -0.455 e. The van der Waals surface area contributed by atoms with Crippen molar-refractivity contribution in [2.75, 3.05) is 26.2 Å². The van der Waals surface area contributed by atoms with Crippen LogP contribution in [0.2, 0.25) is 0 Å². The molecule has 1 aliphatic heterocycles. The Morgan fingerprint density at radius 1 is 1.35 bits per heavy atom. The lowest BCUT2D eigenvalue weighted by Crippen LogP contribution is -2.51. The molecule has 0 radical (unpaired) electrons. The highest BCUT2D eigenvalue weighted by atomic mass is 19.1. The van der Waals surface area contributed by atoms with Gasteiger partial charge in [0.1, 0.15) is 5.82 Å². The highest BCUT2D eigenvalue weighted by molar-refractivity contribution is 5.88. The van der Waals surface area contributed by atoms with Gasteiger partial charge in [0.2, 0.25) is 5.91 Å². The van der Waals surface area contributed by atoms with E-state index in [2.05, 4.69) is 5.32 Å². The van der Waals surface area contributed by atoms with Gasteiger partial charge in [-0.15, -0.1) is 0 Å². The van der Waals surface area contributed by atoms with Crippen LogP contribution in [0.1, 0.15) is 17.9 Å². The standard InChI is InChI=1S/C16H17FN2O4/c17-13-4-2-1-3-10(13)11-7-12(11)16(22)23-9-15(21)19-6-5-18-14(20)8-19/h1-4,11-12H,5-9H2,(H,18,20)/t11-,12-/m0/s1. The molecule has 1 heterocycles. The van der Waals surface area contributed by atoms with Gasteiger partial charge in [-0.25, -0.2) is 4.39 Å². The molecule has 0 aromatic heterocycles. The van der Waals surface area contributed by atoms with Crippen molar-refractivity contribution in [3.05, 3.63) is 35.6 Å². The molecule has 3 rings (SSSR count). The predicted molar refractivity (Wildman–Crippen MR) is 77.8 cm³/mol. The fourth-order valence-electron chi connectivity index (χ4n) is 2.76. The molecule has 0 bridgehead atoms. The summed E-state index contributed by atoms with van der Waals surface area (Å²) in [5.74, 6) is -2.02. The molecule has 1 aliphatic carbocycles. The number of esters is 1. The third-order valence-electron chi connectivity index (χ3n) is 4.13. The molecule has 7 heteroatoms. The summed E-state index contributed by atoms with van der Waals surface area (Å²) in [6.07, 6.45) is 0.528. The van der Waals surface area contributed by atoms with Gasteiger partial charge in [-0.2, -0.15) is 0 Å². The van der Waals surface area contributed by atoms with Crippen LogP contribution in [0.15, 0.2) is 24.3 Å². The van der Waals surface area contributed by atoms with Gasteiger partial charge in [0.25, 0.3) is 5.91 Å². The van der Waals surface area contributed by atoms with Gasteiger partial charge in [0.05, 0.1) is 12.5 Å². The normalized spacial score (nSPS) is 23.2. The van der Waals surface area contributed by atoms with E-state index in [-0.39, 0.29) is 30.8 Å². The SMILES string of the molecule is O=C1CN(C(=O)COC(=O)[C@H]2C[C@H]2c2ccccc2F)CCN1. The van der Waals surface area contributed by atoms with Crippen LogP contribution < -0.4 is 5.32 Å². The number of piperazine rings is 1. The molecular weight excluding hydrogens is 303 g/mol. The van der Waals surface area contributed by atoms with Gasteiger partial charge in [0.15, 0.2) is 6.61 Å². The third-order valence-corrected chi connectivity index (χ3v) is 4.13. The number of rotatable bonds is 4. The van der Waals surface area contributed by atoms with E-state index in [0.717, 1.165) is 0 Å². The number of ether oxygens (including phenoxy) is 1. The Hall–Kier alpha value is -2.44. The highest BCUT2D eigenvalue weighted by Gasteiger charge is 2.46. The number of carbonyl (C=O) groups excluding carboxylic acids is 3. The van der Waals surface area contributed by atoms with Crippen molar-refractivity contribution in [1.29, 1.82) is 0 Å². The molecule has 1 aromatic rings. The average molecular weight is 320 g/mol. The number of hydrogen-bond acceptors (Lipinski definition) is 4. The van der Waals surface area contributed by atoms with Crippen molar-refractivity contribution < 1.29 is 23.5 Å². The number of carbonyl (C=O) groups is 3. The topological polar surface area (TPSA) is 75.7 Å². The lowest BCUT2D eigenvalue weighted by molar-refractivity contribution is -0.154. The molecule has 0 spiro atoms. The van der Waals surface area contributed by atoms with Crippen molar-refractivity contribution >= 4 is 17.8 Å². The van der Waals surface area contributed by atoms with Gasteiger partial charge in [0, 0.05) is 19.0 Å². The first-order chi connectivity index (χ1) is 11.1. The Morgan fingerprint density at radius 2 is 2.13 bits per heavy atom. The molecule has 1 aromatic carbocycles. The largest absolute Gasteiger partial charge is 0.455 e. The fraction of sp³-hybridized carbons (Fsp3) is 0.438. The molecule has 122 valence electrons. The van der Waals surface area contributed by atoms with Gasteiger partial charge < -0.3 is 15.0 Å². The van der Waals surface area contributed by atoms with Crippen LogP contribution in [0, 0.1) is 11.7 Å². The number of amides is 2. The number of nitrogens with zero attached hydrogens (tertiary/aromatic N) is 1. The Bertz CT molecular complexity index is 649. The van der Waals surface area contributed by atoms with Crippen molar-refractivity contribution in [2.45, 2.75) is 12.3 Å². The summed E-state index contributed by atoms with van der Waals surface area (Å²) in [5.41, 5.74) is 0.508. The second kappa shape index (κ2) is 6.36. The van der Waals surface area contributed by atoms with Gasteiger partial charge in [-0.1, -0.05) is 18.2 Å². The van der Waals surface area contributed by atoms with Crippen LogP contribution in [0.3, 0.4) is 0 Å². The third kappa shape index (κ3) is 3.49. The zero-order valence-corrected chi connectivity index (χ0v) is 12.5. The molecule has 1 saturated carbocycles. The van der Waals surface area contributed by atoms with Crippen molar-refractivity contribution in [3.8, 4) is 0 Å². The first-order valence-corrected chi connectivity index (χ1v) is 7.52. The maximum atomic E-state index is 13.7. The van der Waals surface area contributed by atoms with E-state index in [1.54, 1.807) is 18.2 Å². The zero-order valence-electron chi connectivity index (χ0n) is 12.5. The molecule has 23 heavy (non-hydrogen) atoms. The molecule has 6 nitrogen and oxygen atoms in total. The highest BCUT2D eigenvalue weighted by Crippen LogP contribution is 2.48. The quantitative estimate of drug-likeness (QED) is 0.817. The summed E-state index contributed by atoms with van der Waals surface area (Å²) >= 11 is 0. The van der Waals surface area contributed by atoms with Crippen molar-refractivity contribution in [3.63, 3.8) is 0 Å². The summed E-state index contributed by atoms with van der Waals surface area (Å²) in [6.45, 7) is 0.407. The summed E-state index contributed by atoms with van der Waals surface area (Å²) < 4.78 is 18.7. The van der Waals surface area contributed by atoms with E-state index in [1.165, 1.54) is 11.0 Å². The molecular formula is C16H17FN2O4. The van der Waals surface area contributed by atoms with E-state index >= 15 is 0 Å². The van der Waals surface area contributed by atoms with E-state index in [4.69, 9.17) is 4.74 Å². The van der Waals surface area contributed by atoms with E-state index < -0.39 is 17.8 Å². The number of nitrogens with one attached hydrogen (secondary N) is 1. The maximum absolute atomic E-state index is 13.7. The maximum Gasteiger partial charge on any atom is 0.310 e. The van der Waals surface area contributed by atoms with E-state index in [9.17, 15) is 18.8 Å². The Labute approximate surface area is 132 Å². The summed E-state index contributed by atoms with van der Waals surface area (Å²) in [6, 6.07) is 6.35. The Kier molecular flexibility index (Phi) is 4.27. The molecule has 1 saturated heterocycles. The van der Waals surface area contributed by atoms with Crippen LogP contribution in [0.25, 0.3) is 0 Å². The minimum absolute atomic E-state index is 0.0162.